The van der Waals surface area contributed by atoms with Crippen molar-refractivity contribution in [3.63, 3.8) is 0 Å². The number of ether oxygens (including phenoxy) is 4. The van der Waals surface area contributed by atoms with Crippen LogP contribution in [-0.4, -0.2) is 39.7 Å². The molecule has 23 heavy (non-hydrogen) atoms. The Morgan fingerprint density at radius 3 is 2.65 bits per heavy atom. The summed E-state index contributed by atoms with van der Waals surface area (Å²) >= 11 is 0. The SMILES string of the molecule is COc1ccc(C=NC[C@@H]2COc3ccccc3O2)cc1OC. The number of methoxy groups -OCH3 is 2. The second kappa shape index (κ2) is 7.05. The van der Waals surface area contributed by atoms with E-state index in [9.17, 15) is 0 Å². The maximum Gasteiger partial charge on any atom is 0.161 e. The minimum atomic E-state index is -0.0821. The highest BCUT2D eigenvalue weighted by molar-refractivity contribution is 5.80. The lowest BCUT2D eigenvalue weighted by atomic mass is 10.2. The molecule has 0 N–H and O–H groups in total. The minimum absolute atomic E-state index is 0.0821. The molecule has 2 aromatic carbocycles. The van der Waals surface area contributed by atoms with Crippen LogP contribution in [0, 0.1) is 0 Å². The van der Waals surface area contributed by atoms with Gasteiger partial charge in [0, 0.05) is 6.21 Å². The van der Waals surface area contributed by atoms with Crippen molar-refractivity contribution < 1.29 is 18.9 Å². The Bertz CT molecular complexity index is 699. The standard InChI is InChI=1S/C18H19NO4/c1-20-15-8-7-13(9-18(15)21-2)10-19-11-14-12-22-16-5-3-4-6-17(16)23-14/h3-10,14H,11-12H2,1-2H3/t14-/m1/s1. The van der Waals surface area contributed by atoms with E-state index < -0.39 is 0 Å². The van der Waals surface area contributed by atoms with Crippen LogP contribution >= 0.6 is 0 Å². The van der Waals surface area contributed by atoms with Gasteiger partial charge in [-0.1, -0.05) is 12.1 Å². The Balaban J connectivity index is 1.61. The van der Waals surface area contributed by atoms with Gasteiger partial charge in [0.05, 0.1) is 20.8 Å². The van der Waals surface area contributed by atoms with Gasteiger partial charge in [-0.2, -0.15) is 0 Å². The lowest BCUT2D eigenvalue weighted by Crippen LogP contribution is -2.31. The Morgan fingerprint density at radius 1 is 1.09 bits per heavy atom. The molecule has 0 aromatic heterocycles. The molecule has 0 bridgehead atoms. The Hall–Kier alpha value is -2.69. The van der Waals surface area contributed by atoms with E-state index in [1.807, 2.05) is 42.5 Å². The molecule has 120 valence electrons. The number of hydrogen-bond donors (Lipinski definition) is 0. The summed E-state index contributed by atoms with van der Waals surface area (Å²) in [6.07, 6.45) is 1.72. The summed E-state index contributed by atoms with van der Waals surface area (Å²) in [5.41, 5.74) is 0.944. The molecule has 2 aromatic rings. The van der Waals surface area contributed by atoms with Crippen LogP contribution in [0.15, 0.2) is 47.5 Å². The van der Waals surface area contributed by atoms with Crippen LogP contribution in [0.2, 0.25) is 0 Å². The fourth-order valence-corrected chi connectivity index (χ4v) is 2.36. The van der Waals surface area contributed by atoms with Gasteiger partial charge in [0.2, 0.25) is 0 Å². The molecular weight excluding hydrogens is 294 g/mol. The Kier molecular flexibility index (Phi) is 4.66. The topological polar surface area (TPSA) is 49.3 Å². The number of para-hydroxylation sites is 2. The van der Waals surface area contributed by atoms with Crippen LogP contribution in [0.25, 0.3) is 0 Å². The third kappa shape index (κ3) is 3.56. The van der Waals surface area contributed by atoms with Gasteiger partial charge in [-0.25, -0.2) is 0 Å². The molecular formula is C18H19NO4. The first-order chi connectivity index (χ1) is 11.3. The van der Waals surface area contributed by atoms with E-state index in [4.69, 9.17) is 18.9 Å². The zero-order valence-corrected chi connectivity index (χ0v) is 13.2. The molecule has 0 radical (unpaired) electrons. The number of rotatable bonds is 5. The summed E-state index contributed by atoms with van der Waals surface area (Å²) in [6, 6.07) is 13.3. The van der Waals surface area contributed by atoms with E-state index >= 15 is 0 Å². The van der Waals surface area contributed by atoms with E-state index in [0.29, 0.717) is 24.7 Å². The molecule has 0 aliphatic carbocycles. The summed E-state index contributed by atoms with van der Waals surface area (Å²) in [7, 11) is 3.23. The van der Waals surface area contributed by atoms with Gasteiger partial charge in [-0.3, -0.25) is 4.99 Å². The molecule has 5 nitrogen and oxygen atoms in total. The van der Waals surface area contributed by atoms with E-state index in [1.54, 1.807) is 20.4 Å². The van der Waals surface area contributed by atoms with Gasteiger partial charge in [0.1, 0.15) is 6.61 Å². The van der Waals surface area contributed by atoms with Crippen molar-refractivity contribution in [1.82, 2.24) is 0 Å². The normalized spacial score (nSPS) is 16.3. The minimum Gasteiger partial charge on any atom is -0.493 e. The fraction of sp³-hybridized carbons (Fsp3) is 0.278. The smallest absolute Gasteiger partial charge is 0.161 e. The van der Waals surface area contributed by atoms with E-state index in [0.717, 1.165) is 17.1 Å². The van der Waals surface area contributed by atoms with E-state index in [1.165, 1.54) is 0 Å². The zero-order valence-electron chi connectivity index (χ0n) is 13.2. The summed E-state index contributed by atoms with van der Waals surface area (Å²) in [5, 5.41) is 0. The maximum atomic E-state index is 5.87. The first kappa shape index (κ1) is 15.2. The van der Waals surface area contributed by atoms with Gasteiger partial charge >= 0.3 is 0 Å². The molecule has 1 heterocycles. The van der Waals surface area contributed by atoms with Gasteiger partial charge < -0.3 is 18.9 Å². The molecule has 5 heteroatoms. The van der Waals surface area contributed by atoms with Crippen LogP contribution in [0.5, 0.6) is 23.0 Å². The lowest BCUT2D eigenvalue weighted by Gasteiger charge is -2.25. The van der Waals surface area contributed by atoms with Gasteiger partial charge in [-0.15, -0.1) is 0 Å². The highest BCUT2D eigenvalue weighted by Crippen LogP contribution is 2.31. The number of hydrogen-bond acceptors (Lipinski definition) is 5. The monoisotopic (exact) mass is 313 g/mol. The third-order valence-corrected chi connectivity index (χ3v) is 3.52. The lowest BCUT2D eigenvalue weighted by molar-refractivity contribution is 0.0973. The van der Waals surface area contributed by atoms with Crippen molar-refractivity contribution in [3.05, 3.63) is 48.0 Å². The van der Waals surface area contributed by atoms with Crippen LogP contribution in [0.1, 0.15) is 5.56 Å². The first-order valence-corrected chi connectivity index (χ1v) is 7.40. The molecule has 0 fully saturated rings. The summed E-state index contributed by atoms with van der Waals surface area (Å²) < 4.78 is 22.0. The molecule has 1 aliphatic rings. The van der Waals surface area contributed by atoms with Crippen molar-refractivity contribution in [2.45, 2.75) is 6.10 Å². The summed E-state index contributed by atoms with van der Waals surface area (Å²) in [5.74, 6) is 2.94. The molecule has 0 saturated carbocycles. The molecule has 0 spiro atoms. The number of aliphatic imine (C=N–C) groups is 1. The average Bonchev–Trinajstić information content (AvgIpc) is 2.61. The average molecular weight is 313 g/mol. The van der Waals surface area contributed by atoms with Crippen LogP contribution in [0.3, 0.4) is 0 Å². The Labute approximate surface area is 135 Å². The third-order valence-electron chi connectivity index (χ3n) is 3.52. The Morgan fingerprint density at radius 2 is 1.87 bits per heavy atom. The van der Waals surface area contributed by atoms with Crippen molar-refractivity contribution in [2.75, 3.05) is 27.4 Å². The molecule has 0 amide bonds. The van der Waals surface area contributed by atoms with Gasteiger partial charge in [-0.05, 0) is 35.9 Å². The summed E-state index contributed by atoms with van der Waals surface area (Å²) in [4.78, 5) is 4.44. The van der Waals surface area contributed by atoms with Crippen molar-refractivity contribution in [2.24, 2.45) is 4.99 Å². The second-order valence-electron chi connectivity index (χ2n) is 5.11. The molecule has 0 unspecified atom stereocenters. The first-order valence-electron chi connectivity index (χ1n) is 7.40. The zero-order chi connectivity index (χ0) is 16.1. The van der Waals surface area contributed by atoms with Crippen LogP contribution < -0.4 is 18.9 Å². The van der Waals surface area contributed by atoms with E-state index in [-0.39, 0.29) is 6.10 Å². The maximum absolute atomic E-state index is 5.87. The summed E-state index contributed by atoms with van der Waals surface area (Å²) in [6.45, 7) is 1.03. The predicted molar refractivity (Wildman–Crippen MR) is 88.4 cm³/mol. The molecule has 3 rings (SSSR count). The van der Waals surface area contributed by atoms with Gasteiger partial charge in [0.25, 0.3) is 0 Å². The van der Waals surface area contributed by atoms with Crippen molar-refractivity contribution >= 4 is 6.21 Å². The van der Waals surface area contributed by atoms with Crippen LogP contribution in [-0.2, 0) is 0 Å². The number of benzene rings is 2. The highest BCUT2D eigenvalue weighted by atomic mass is 16.6. The highest BCUT2D eigenvalue weighted by Gasteiger charge is 2.19. The molecule has 1 atom stereocenters. The number of fused-ring (bicyclic) bond motifs is 1. The largest absolute Gasteiger partial charge is 0.493 e. The fourth-order valence-electron chi connectivity index (χ4n) is 2.36. The van der Waals surface area contributed by atoms with Crippen molar-refractivity contribution in [3.8, 4) is 23.0 Å². The predicted octanol–water partition coefficient (Wildman–Crippen LogP) is 2.96. The number of nitrogens with zero attached hydrogens (tertiary/aromatic N) is 1. The van der Waals surface area contributed by atoms with Gasteiger partial charge in [0.15, 0.2) is 29.1 Å². The second-order valence-corrected chi connectivity index (χ2v) is 5.11. The molecule has 1 aliphatic heterocycles. The quantitative estimate of drug-likeness (QED) is 0.796. The van der Waals surface area contributed by atoms with Crippen LogP contribution in [0.4, 0.5) is 0 Å². The molecule has 0 saturated heterocycles. The van der Waals surface area contributed by atoms with Crippen molar-refractivity contribution in [1.29, 1.82) is 0 Å². The van der Waals surface area contributed by atoms with E-state index in [2.05, 4.69) is 4.99 Å².